The molecule has 1 saturated carbocycles. The van der Waals surface area contributed by atoms with Crippen LogP contribution < -0.4 is 14.3 Å². The number of piperazine rings is 1. The highest BCUT2D eigenvalue weighted by Gasteiger charge is 2.26. The molecule has 6 nitrogen and oxygen atoms in total. The fourth-order valence-electron chi connectivity index (χ4n) is 3.85. The van der Waals surface area contributed by atoms with Crippen LogP contribution >= 0.6 is 0 Å². The lowest BCUT2D eigenvalue weighted by Crippen LogP contribution is -2.49. The van der Waals surface area contributed by atoms with Crippen molar-refractivity contribution in [2.75, 3.05) is 35.8 Å². The summed E-state index contributed by atoms with van der Waals surface area (Å²) in [6, 6.07) is 8.33. The molecule has 2 fully saturated rings. The zero-order valence-corrected chi connectivity index (χ0v) is 16.1. The van der Waals surface area contributed by atoms with Crippen LogP contribution in [0, 0.1) is 0 Å². The van der Waals surface area contributed by atoms with Crippen molar-refractivity contribution in [3.05, 3.63) is 24.3 Å². The molecule has 0 aromatic heterocycles. The van der Waals surface area contributed by atoms with Gasteiger partial charge in [0, 0.05) is 49.6 Å². The van der Waals surface area contributed by atoms with E-state index in [0.717, 1.165) is 37.9 Å². The molecule has 1 heterocycles. The molecule has 25 heavy (non-hydrogen) atoms. The fraction of sp³-hybridized carbons (Fsp3) is 0.667. The third kappa shape index (κ3) is 5.09. The summed E-state index contributed by atoms with van der Waals surface area (Å²) in [5.74, 6) is 0. The van der Waals surface area contributed by atoms with Gasteiger partial charge >= 0.3 is 0 Å². The summed E-state index contributed by atoms with van der Waals surface area (Å²) in [5.41, 5.74) is 1.74. The Hall–Kier alpha value is -1.31. The molecule has 3 rings (SSSR count). The summed E-state index contributed by atoms with van der Waals surface area (Å²) in [6.07, 6.45) is 5.49. The Labute approximate surface area is 151 Å². The van der Waals surface area contributed by atoms with Gasteiger partial charge in [0.05, 0.1) is 0 Å². The van der Waals surface area contributed by atoms with Crippen molar-refractivity contribution in [1.82, 2.24) is 9.62 Å². The van der Waals surface area contributed by atoms with Crippen molar-refractivity contribution in [3.63, 3.8) is 0 Å². The monoisotopic (exact) mass is 366 g/mol. The summed E-state index contributed by atoms with van der Waals surface area (Å²) in [6.45, 7) is 7.92. The van der Waals surface area contributed by atoms with E-state index in [1.165, 1.54) is 25.7 Å². The van der Waals surface area contributed by atoms with E-state index in [-0.39, 0.29) is 6.04 Å². The number of hydrogen-bond acceptors (Lipinski definition) is 4. The van der Waals surface area contributed by atoms with Crippen LogP contribution in [0.4, 0.5) is 11.4 Å². The maximum Gasteiger partial charge on any atom is 0.299 e. The molecule has 1 aliphatic heterocycles. The zero-order valence-electron chi connectivity index (χ0n) is 15.2. The maximum absolute atomic E-state index is 11.9. The second-order valence-electron chi connectivity index (χ2n) is 7.39. The first-order valence-electron chi connectivity index (χ1n) is 9.32. The molecule has 1 aromatic rings. The van der Waals surface area contributed by atoms with E-state index >= 15 is 0 Å². The number of hydrogen-bond donors (Lipinski definition) is 2. The minimum Gasteiger partial charge on any atom is -0.369 e. The first-order chi connectivity index (χ1) is 11.9. The van der Waals surface area contributed by atoms with Crippen LogP contribution in [-0.2, 0) is 10.2 Å². The van der Waals surface area contributed by atoms with Gasteiger partial charge in [0.25, 0.3) is 10.2 Å². The van der Waals surface area contributed by atoms with Crippen LogP contribution in [0.5, 0.6) is 0 Å². The molecular formula is C18H30N4O2S. The van der Waals surface area contributed by atoms with Gasteiger partial charge in [-0.25, -0.2) is 0 Å². The molecular weight excluding hydrogens is 336 g/mol. The third-order valence-electron chi connectivity index (χ3n) is 5.03. The summed E-state index contributed by atoms with van der Waals surface area (Å²) in [7, 11) is -3.51. The van der Waals surface area contributed by atoms with Gasteiger partial charge in [0.1, 0.15) is 0 Å². The highest BCUT2D eigenvalue weighted by atomic mass is 32.2. The molecule has 140 valence electrons. The molecule has 0 bridgehead atoms. The van der Waals surface area contributed by atoms with Gasteiger partial charge in [-0.2, -0.15) is 13.1 Å². The quantitative estimate of drug-likeness (QED) is 0.811. The average molecular weight is 367 g/mol. The standard InChI is InChI=1S/C18H30N4O2S/c1-15(2)19-25(23,24)20-16-7-9-18(10-8-16)22-13-11-21(12-14-22)17-5-3-4-6-17/h7-10,15,17,19-20H,3-6,11-14H2,1-2H3. The largest absolute Gasteiger partial charge is 0.369 e. The number of nitrogens with one attached hydrogen (secondary N) is 2. The van der Waals surface area contributed by atoms with E-state index in [9.17, 15) is 8.42 Å². The smallest absolute Gasteiger partial charge is 0.299 e. The van der Waals surface area contributed by atoms with E-state index in [2.05, 4.69) is 19.2 Å². The van der Waals surface area contributed by atoms with Crippen LogP contribution in [0.15, 0.2) is 24.3 Å². The van der Waals surface area contributed by atoms with Gasteiger partial charge in [-0.1, -0.05) is 12.8 Å². The van der Waals surface area contributed by atoms with Crippen molar-refractivity contribution in [3.8, 4) is 0 Å². The summed E-state index contributed by atoms with van der Waals surface area (Å²) in [4.78, 5) is 5.03. The molecule has 0 amide bonds. The van der Waals surface area contributed by atoms with Gasteiger partial charge < -0.3 is 4.90 Å². The van der Waals surface area contributed by atoms with Crippen molar-refractivity contribution in [1.29, 1.82) is 0 Å². The van der Waals surface area contributed by atoms with E-state index in [1.54, 1.807) is 13.8 Å². The predicted octanol–water partition coefficient (Wildman–Crippen LogP) is 2.41. The molecule has 0 spiro atoms. The van der Waals surface area contributed by atoms with Crippen molar-refractivity contribution in [2.24, 2.45) is 0 Å². The second kappa shape index (κ2) is 7.93. The zero-order chi connectivity index (χ0) is 17.9. The Bertz CT molecular complexity index is 646. The lowest BCUT2D eigenvalue weighted by Gasteiger charge is -2.39. The van der Waals surface area contributed by atoms with Gasteiger partial charge in [0.2, 0.25) is 0 Å². The summed E-state index contributed by atoms with van der Waals surface area (Å²) < 4.78 is 28.9. The van der Waals surface area contributed by atoms with Gasteiger partial charge in [-0.15, -0.1) is 0 Å². The Morgan fingerprint density at radius 1 is 1.00 bits per heavy atom. The van der Waals surface area contributed by atoms with Crippen LogP contribution in [0.3, 0.4) is 0 Å². The lowest BCUT2D eigenvalue weighted by atomic mass is 10.1. The molecule has 2 N–H and O–H groups in total. The number of rotatable bonds is 6. The molecule has 1 aliphatic carbocycles. The normalized spacial score (nSPS) is 20.4. The first-order valence-corrected chi connectivity index (χ1v) is 10.8. The van der Waals surface area contributed by atoms with E-state index in [1.807, 2.05) is 24.3 Å². The van der Waals surface area contributed by atoms with E-state index < -0.39 is 10.2 Å². The summed E-state index contributed by atoms with van der Waals surface area (Å²) >= 11 is 0. The SMILES string of the molecule is CC(C)NS(=O)(=O)Nc1ccc(N2CCN(C3CCCC3)CC2)cc1. The van der Waals surface area contributed by atoms with Crippen LogP contribution in [0.1, 0.15) is 39.5 Å². The van der Waals surface area contributed by atoms with Crippen molar-refractivity contribution in [2.45, 2.75) is 51.6 Å². The van der Waals surface area contributed by atoms with E-state index in [0.29, 0.717) is 5.69 Å². The number of anilines is 2. The highest BCUT2D eigenvalue weighted by molar-refractivity contribution is 7.90. The highest BCUT2D eigenvalue weighted by Crippen LogP contribution is 2.26. The van der Waals surface area contributed by atoms with Crippen molar-refractivity contribution < 1.29 is 8.42 Å². The minimum atomic E-state index is -3.51. The van der Waals surface area contributed by atoms with Crippen molar-refractivity contribution >= 4 is 21.6 Å². The molecule has 0 unspecified atom stereocenters. The van der Waals surface area contributed by atoms with E-state index in [4.69, 9.17) is 0 Å². The van der Waals surface area contributed by atoms with Crippen LogP contribution in [-0.4, -0.2) is 51.6 Å². The summed E-state index contributed by atoms with van der Waals surface area (Å²) in [5, 5.41) is 0. The minimum absolute atomic E-state index is 0.132. The van der Waals surface area contributed by atoms with Crippen LogP contribution in [0.25, 0.3) is 0 Å². The van der Waals surface area contributed by atoms with Crippen LogP contribution in [0.2, 0.25) is 0 Å². The molecule has 7 heteroatoms. The number of benzene rings is 1. The van der Waals surface area contributed by atoms with Gasteiger partial charge in [0.15, 0.2) is 0 Å². The first kappa shape index (κ1) is 18.5. The fourth-order valence-corrected chi connectivity index (χ4v) is 4.98. The molecule has 2 aliphatic rings. The second-order valence-corrected chi connectivity index (χ2v) is 8.83. The lowest BCUT2D eigenvalue weighted by molar-refractivity contribution is 0.187. The molecule has 0 radical (unpaired) electrons. The Morgan fingerprint density at radius 2 is 1.60 bits per heavy atom. The predicted molar refractivity (Wildman–Crippen MR) is 103 cm³/mol. The Kier molecular flexibility index (Phi) is 5.86. The Morgan fingerprint density at radius 3 is 2.16 bits per heavy atom. The average Bonchev–Trinajstić information content (AvgIpc) is 3.08. The molecule has 1 saturated heterocycles. The van der Waals surface area contributed by atoms with Gasteiger partial charge in [-0.3, -0.25) is 9.62 Å². The Balaban J connectivity index is 1.54. The molecule has 0 atom stereocenters. The maximum atomic E-state index is 11.9. The number of nitrogens with zero attached hydrogens (tertiary/aromatic N) is 2. The third-order valence-corrected chi connectivity index (χ3v) is 6.32. The topological polar surface area (TPSA) is 64.7 Å². The molecule has 1 aromatic carbocycles. The van der Waals surface area contributed by atoms with Gasteiger partial charge in [-0.05, 0) is 51.0 Å².